The van der Waals surface area contributed by atoms with Gasteiger partial charge in [-0.3, -0.25) is 0 Å². The molecule has 2 N–H and O–H groups in total. The Hall–Kier alpha value is -1.95. The van der Waals surface area contributed by atoms with Gasteiger partial charge < -0.3 is 20.1 Å². The smallest absolute Gasteiger partial charge is 0.218 e. The maximum absolute atomic E-state index is 5.59. The summed E-state index contributed by atoms with van der Waals surface area (Å²) in [7, 11) is 1.66. The lowest BCUT2D eigenvalue weighted by Crippen LogP contribution is -2.47. The number of ether oxygens (including phenoxy) is 2. The van der Waals surface area contributed by atoms with Crippen molar-refractivity contribution in [3.8, 4) is 5.88 Å². The van der Waals surface area contributed by atoms with Crippen LogP contribution in [0.15, 0.2) is 23.3 Å². The van der Waals surface area contributed by atoms with Crippen LogP contribution in [0.5, 0.6) is 5.88 Å². The van der Waals surface area contributed by atoms with Crippen LogP contribution >= 0.6 is 24.0 Å². The fourth-order valence-corrected chi connectivity index (χ4v) is 3.16. The van der Waals surface area contributed by atoms with Crippen molar-refractivity contribution in [3.05, 3.63) is 35.5 Å². The number of methoxy groups -OCH3 is 1. The summed E-state index contributed by atoms with van der Waals surface area (Å²) in [4.78, 5) is 13.5. The largest absolute Gasteiger partial charge is 0.478 e. The van der Waals surface area contributed by atoms with Gasteiger partial charge in [-0.25, -0.2) is 19.6 Å². The number of guanidine groups is 1. The van der Waals surface area contributed by atoms with Gasteiger partial charge in [0.05, 0.1) is 19.7 Å². The number of hydrogen-bond donors (Lipinski definition) is 2. The van der Waals surface area contributed by atoms with Crippen LogP contribution in [0.1, 0.15) is 37.5 Å². The summed E-state index contributed by atoms with van der Waals surface area (Å²) >= 11 is 0. The van der Waals surface area contributed by atoms with E-state index in [9.17, 15) is 0 Å². The molecule has 9 nitrogen and oxygen atoms in total. The van der Waals surface area contributed by atoms with E-state index in [1.165, 1.54) is 0 Å². The second-order valence-corrected chi connectivity index (χ2v) is 6.54. The van der Waals surface area contributed by atoms with Crippen molar-refractivity contribution in [2.45, 2.75) is 52.4 Å². The molecule has 0 aliphatic carbocycles. The molecule has 10 heteroatoms. The number of rotatable bonds is 8. The first kappa shape index (κ1) is 23.3. The highest BCUT2D eigenvalue weighted by Gasteiger charge is 2.22. The fraction of sp³-hybridized carbons (Fsp3) is 0.579. The zero-order valence-electron chi connectivity index (χ0n) is 17.2. The van der Waals surface area contributed by atoms with Crippen molar-refractivity contribution in [2.24, 2.45) is 4.99 Å². The quantitative estimate of drug-likeness (QED) is 0.315. The number of fused-ring (bicyclic) bond motifs is 1. The lowest BCUT2D eigenvalue weighted by atomic mass is 10.1. The first-order chi connectivity index (χ1) is 13.7. The highest BCUT2D eigenvalue weighted by Crippen LogP contribution is 2.16. The third-order valence-corrected chi connectivity index (χ3v) is 4.40. The molecule has 1 unspecified atom stereocenters. The van der Waals surface area contributed by atoms with Crippen LogP contribution in [0.4, 0.5) is 0 Å². The summed E-state index contributed by atoms with van der Waals surface area (Å²) in [5, 5.41) is 11.4. The molecule has 3 rings (SSSR count). The molecule has 0 saturated heterocycles. The van der Waals surface area contributed by atoms with E-state index in [2.05, 4.69) is 32.6 Å². The van der Waals surface area contributed by atoms with Crippen LogP contribution in [-0.4, -0.2) is 52.0 Å². The molecule has 160 valence electrons. The minimum absolute atomic E-state index is 0. The van der Waals surface area contributed by atoms with Crippen LogP contribution in [0.2, 0.25) is 0 Å². The predicted octanol–water partition coefficient (Wildman–Crippen LogP) is 1.91. The Labute approximate surface area is 188 Å². The SMILES string of the molecule is CCNC(=NCc1cccnc1OCC)NC1CCc2nc(COC)nn2C1.I. The van der Waals surface area contributed by atoms with Crippen LogP contribution in [0, 0.1) is 0 Å². The van der Waals surface area contributed by atoms with Crippen molar-refractivity contribution in [3.63, 3.8) is 0 Å². The van der Waals surface area contributed by atoms with E-state index >= 15 is 0 Å². The van der Waals surface area contributed by atoms with Crippen LogP contribution in [0.25, 0.3) is 0 Å². The topological polar surface area (TPSA) is 98.5 Å². The Balaban J connectivity index is 0.00000300. The Morgan fingerprint density at radius 1 is 1.38 bits per heavy atom. The molecule has 1 atom stereocenters. The molecule has 0 aromatic carbocycles. The number of aryl methyl sites for hydroxylation is 1. The van der Waals surface area contributed by atoms with Crippen molar-refractivity contribution >= 4 is 29.9 Å². The van der Waals surface area contributed by atoms with Gasteiger partial charge in [-0.05, 0) is 26.3 Å². The highest BCUT2D eigenvalue weighted by atomic mass is 127. The van der Waals surface area contributed by atoms with E-state index in [0.717, 1.165) is 49.1 Å². The second-order valence-electron chi connectivity index (χ2n) is 6.54. The molecule has 2 aromatic rings. The molecule has 1 aliphatic rings. The lowest BCUT2D eigenvalue weighted by molar-refractivity contribution is 0.177. The van der Waals surface area contributed by atoms with Gasteiger partial charge in [0.2, 0.25) is 5.88 Å². The van der Waals surface area contributed by atoms with Gasteiger partial charge >= 0.3 is 0 Å². The van der Waals surface area contributed by atoms with Gasteiger partial charge in [-0.15, -0.1) is 24.0 Å². The first-order valence-corrected chi connectivity index (χ1v) is 9.76. The standard InChI is InChI=1S/C19H29N7O2.HI/c1-4-20-19(22-11-14-7-6-10-21-18(14)28-5-2)23-15-8-9-17-24-16(13-27-3)25-26(17)12-15;/h6-7,10,15H,4-5,8-9,11-13H2,1-3H3,(H2,20,22,23);1H. The summed E-state index contributed by atoms with van der Waals surface area (Å²) in [6.07, 6.45) is 3.59. The number of pyridine rings is 1. The summed E-state index contributed by atoms with van der Waals surface area (Å²) in [5.74, 6) is 3.17. The first-order valence-electron chi connectivity index (χ1n) is 9.76. The van der Waals surface area contributed by atoms with Crippen LogP contribution < -0.4 is 15.4 Å². The predicted molar refractivity (Wildman–Crippen MR) is 122 cm³/mol. The average molecular weight is 515 g/mol. The molecule has 0 bridgehead atoms. The molecule has 0 fully saturated rings. The second kappa shape index (κ2) is 11.9. The van der Waals surface area contributed by atoms with Gasteiger partial charge in [0.1, 0.15) is 12.4 Å². The Morgan fingerprint density at radius 2 is 2.24 bits per heavy atom. The Morgan fingerprint density at radius 3 is 3.00 bits per heavy atom. The van der Waals surface area contributed by atoms with E-state index in [0.29, 0.717) is 25.6 Å². The molecule has 0 radical (unpaired) electrons. The van der Waals surface area contributed by atoms with Crippen LogP contribution in [-0.2, 0) is 30.9 Å². The molecular formula is C19H30IN7O2. The summed E-state index contributed by atoms with van der Waals surface area (Å²) in [5.41, 5.74) is 0.966. The van der Waals surface area contributed by atoms with Gasteiger partial charge in [0.15, 0.2) is 11.8 Å². The number of nitrogens with one attached hydrogen (secondary N) is 2. The zero-order valence-corrected chi connectivity index (χ0v) is 19.6. The Kier molecular flexibility index (Phi) is 9.58. The van der Waals surface area contributed by atoms with Gasteiger partial charge in [-0.2, -0.15) is 5.10 Å². The lowest BCUT2D eigenvalue weighted by Gasteiger charge is -2.25. The molecule has 1 aliphatic heterocycles. The van der Waals surface area contributed by atoms with E-state index in [4.69, 9.17) is 14.5 Å². The zero-order chi connectivity index (χ0) is 19.8. The Bertz CT molecular complexity index is 797. The number of aromatic nitrogens is 4. The van der Waals surface area contributed by atoms with Crippen molar-refractivity contribution in [2.75, 3.05) is 20.3 Å². The minimum Gasteiger partial charge on any atom is -0.478 e. The fourth-order valence-electron chi connectivity index (χ4n) is 3.16. The summed E-state index contributed by atoms with van der Waals surface area (Å²) in [6.45, 7) is 7.07. The normalized spacial score (nSPS) is 16.0. The third kappa shape index (κ3) is 6.53. The van der Waals surface area contributed by atoms with Crippen molar-refractivity contribution in [1.29, 1.82) is 0 Å². The molecule has 3 heterocycles. The molecule has 0 saturated carbocycles. The third-order valence-electron chi connectivity index (χ3n) is 4.40. The van der Waals surface area contributed by atoms with E-state index in [1.807, 2.05) is 23.7 Å². The van der Waals surface area contributed by atoms with E-state index < -0.39 is 0 Å². The molecular weight excluding hydrogens is 485 g/mol. The number of nitrogens with zero attached hydrogens (tertiary/aromatic N) is 5. The number of halogens is 1. The molecule has 2 aromatic heterocycles. The van der Waals surface area contributed by atoms with Crippen molar-refractivity contribution < 1.29 is 9.47 Å². The highest BCUT2D eigenvalue weighted by molar-refractivity contribution is 14.0. The van der Waals surface area contributed by atoms with Crippen LogP contribution in [0.3, 0.4) is 0 Å². The number of aliphatic imine (C=N–C) groups is 1. The van der Waals surface area contributed by atoms with Gasteiger partial charge in [0.25, 0.3) is 0 Å². The molecule has 0 spiro atoms. The maximum atomic E-state index is 5.59. The molecule has 29 heavy (non-hydrogen) atoms. The summed E-state index contributed by atoms with van der Waals surface area (Å²) in [6, 6.07) is 4.13. The average Bonchev–Trinajstić information content (AvgIpc) is 3.09. The maximum Gasteiger partial charge on any atom is 0.218 e. The monoisotopic (exact) mass is 515 g/mol. The molecule has 0 amide bonds. The van der Waals surface area contributed by atoms with Crippen molar-refractivity contribution in [1.82, 2.24) is 30.4 Å². The van der Waals surface area contributed by atoms with E-state index in [1.54, 1.807) is 13.3 Å². The van der Waals surface area contributed by atoms with Gasteiger partial charge in [0, 0.05) is 37.9 Å². The van der Waals surface area contributed by atoms with Gasteiger partial charge in [-0.1, -0.05) is 6.07 Å². The minimum atomic E-state index is 0. The summed E-state index contributed by atoms with van der Waals surface area (Å²) < 4.78 is 12.7. The number of hydrogen-bond acceptors (Lipinski definition) is 6. The van der Waals surface area contributed by atoms with E-state index in [-0.39, 0.29) is 30.0 Å².